The van der Waals surface area contributed by atoms with Crippen molar-refractivity contribution in [3.8, 4) is 11.5 Å². The first-order chi connectivity index (χ1) is 20.4. The minimum absolute atomic E-state index is 0.135. The van der Waals surface area contributed by atoms with Gasteiger partial charge >= 0.3 is 12.3 Å². The molecule has 2 heterocycles. The van der Waals surface area contributed by atoms with Gasteiger partial charge in [-0.3, -0.25) is 4.79 Å². The van der Waals surface area contributed by atoms with E-state index in [0.29, 0.717) is 25.2 Å². The first kappa shape index (κ1) is 36.4. The Morgan fingerprint density at radius 3 is 2.23 bits per heavy atom. The Morgan fingerprint density at radius 2 is 1.59 bits per heavy atom. The number of ether oxygens (including phenoxy) is 5. The fraction of sp³-hybridized carbons (Fsp3) is 0.788. The van der Waals surface area contributed by atoms with Gasteiger partial charge in [-0.25, -0.2) is 0 Å². The van der Waals surface area contributed by atoms with E-state index in [1.54, 1.807) is 0 Å². The molecule has 2 saturated heterocycles. The lowest BCUT2D eigenvalue weighted by Gasteiger charge is -2.50. The predicted molar refractivity (Wildman–Crippen MR) is 162 cm³/mol. The van der Waals surface area contributed by atoms with E-state index in [2.05, 4.69) is 43.1 Å². The average molecular weight is 631 g/mol. The van der Waals surface area contributed by atoms with Gasteiger partial charge < -0.3 is 34.3 Å². The van der Waals surface area contributed by atoms with Gasteiger partial charge in [-0.15, -0.1) is 13.2 Å². The minimum Gasteiger partial charge on any atom is -0.483 e. The number of halogens is 3. The van der Waals surface area contributed by atoms with E-state index in [1.807, 2.05) is 27.8 Å². The van der Waals surface area contributed by atoms with Crippen LogP contribution in [-0.2, 0) is 19.0 Å². The van der Waals surface area contributed by atoms with Crippen LogP contribution < -0.4 is 20.1 Å². The first-order valence-corrected chi connectivity index (χ1v) is 15.8. The van der Waals surface area contributed by atoms with Crippen LogP contribution in [0.15, 0.2) is 24.3 Å². The summed E-state index contributed by atoms with van der Waals surface area (Å²) >= 11 is 0. The second-order valence-electron chi connectivity index (χ2n) is 14.3. The summed E-state index contributed by atoms with van der Waals surface area (Å²) in [5.41, 5.74) is -1.55. The minimum atomic E-state index is -4.78. The van der Waals surface area contributed by atoms with Crippen molar-refractivity contribution in [1.82, 2.24) is 10.6 Å². The monoisotopic (exact) mass is 630 g/mol. The zero-order valence-electron chi connectivity index (χ0n) is 27.6. The molecule has 0 saturated carbocycles. The molecule has 0 amide bonds. The summed E-state index contributed by atoms with van der Waals surface area (Å²) in [6, 6.07) is 5.18. The molecule has 0 aliphatic carbocycles. The highest BCUT2D eigenvalue weighted by Gasteiger charge is 2.50. The summed E-state index contributed by atoms with van der Waals surface area (Å²) in [5.74, 6) is -0.181. The number of carbonyl (C=O) groups excluding carboxylic acids is 1. The lowest BCUT2D eigenvalue weighted by Crippen LogP contribution is -2.59. The lowest BCUT2D eigenvalue weighted by molar-refractivity contribution is -0.285. The van der Waals surface area contributed by atoms with Crippen molar-refractivity contribution in [1.29, 1.82) is 0 Å². The fourth-order valence-electron chi connectivity index (χ4n) is 6.95. The molecule has 0 aromatic heterocycles. The molecule has 1 aromatic carbocycles. The maximum atomic E-state index is 13.2. The largest absolute Gasteiger partial charge is 0.573 e. The van der Waals surface area contributed by atoms with E-state index in [4.69, 9.17) is 18.9 Å². The van der Waals surface area contributed by atoms with Crippen molar-refractivity contribution >= 4 is 5.97 Å². The fourth-order valence-corrected chi connectivity index (χ4v) is 6.95. The molecule has 252 valence electrons. The number of hydrogen-bond acceptors (Lipinski definition) is 8. The quantitative estimate of drug-likeness (QED) is 0.340. The number of rotatable bonds is 6. The first-order valence-electron chi connectivity index (χ1n) is 15.8. The van der Waals surface area contributed by atoms with E-state index in [9.17, 15) is 18.0 Å². The van der Waals surface area contributed by atoms with Crippen LogP contribution in [0.3, 0.4) is 0 Å². The third-order valence-corrected chi connectivity index (χ3v) is 8.61. The zero-order chi connectivity index (χ0) is 32.8. The van der Waals surface area contributed by atoms with E-state index >= 15 is 0 Å². The third-order valence-electron chi connectivity index (χ3n) is 8.61. The summed E-state index contributed by atoms with van der Waals surface area (Å²) in [6.07, 6.45) is -1.90. The van der Waals surface area contributed by atoms with Crippen LogP contribution in [0, 0.1) is 16.2 Å². The average Bonchev–Trinajstić information content (AvgIpc) is 2.90. The van der Waals surface area contributed by atoms with Gasteiger partial charge in [0.05, 0.1) is 30.3 Å². The summed E-state index contributed by atoms with van der Waals surface area (Å²) in [7, 11) is 1.84. The summed E-state index contributed by atoms with van der Waals surface area (Å²) in [6.45, 7) is 16.6. The highest BCUT2D eigenvalue weighted by Crippen LogP contribution is 2.47. The molecule has 2 fully saturated rings. The molecular formula is C33H53F3N2O6. The van der Waals surface area contributed by atoms with Crippen molar-refractivity contribution in [2.24, 2.45) is 16.2 Å². The Morgan fingerprint density at radius 1 is 0.955 bits per heavy atom. The summed E-state index contributed by atoms with van der Waals surface area (Å²) in [5, 5.41) is 6.82. The number of benzene rings is 1. The van der Waals surface area contributed by atoms with Crippen LogP contribution in [0.5, 0.6) is 11.5 Å². The van der Waals surface area contributed by atoms with Crippen LogP contribution in [0.25, 0.3) is 0 Å². The SMILES string of the molecule is CN[C@H]1C[C@@H](C)O[C@@H](OC2C(C)(C)CCCNCCCCOC(=O)C(C)(C)CC2(C)C)[C@@H]1Oc1ccc(OC(F)(F)F)cc1. The Labute approximate surface area is 261 Å². The molecule has 2 N–H and O–H groups in total. The standard InChI is InChI=1S/C33H53F3N2O6/c1-22-20-25(37-8)26(42-23-12-14-24(15-13-23)44-33(34,35)36)27(41-22)43-28-30(2,3)16-11-18-38-17-9-10-19-40-29(39)32(6,7)21-31(28,4)5/h12-15,22,25-28,37-38H,9-11,16-21H2,1-8H3/t22-,25+,26-,27+,28?/m1/s1. The molecule has 5 atom stereocenters. The topological polar surface area (TPSA) is 87.3 Å². The Balaban J connectivity index is 1.93. The Kier molecular flexibility index (Phi) is 12.4. The van der Waals surface area contributed by atoms with Crippen LogP contribution in [0.1, 0.15) is 87.0 Å². The molecule has 3 rings (SSSR count). The van der Waals surface area contributed by atoms with Gasteiger partial charge in [0.2, 0.25) is 0 Å². The molecule has 11 heteroatoms. The Bertz CT molecular complexity index is 1050. The maximum absolute atomic E-state index is 13.2. The van der Waals surface area contributed by atoms with Crippen molar-refractivity contribution in [2.45, 2.75) is 124 Å². The molecule has 2 aliphatic rings. The molecule has 0 radical (unpaired) electrons. The van der Waals surface area contributed by atoms with Crippen LogP contribution in [0.2, 0.25) is 0 Å². The third kappa shape index (κ3) is 10.5. The Hall–Kier alpha value is -2.08. The van der Waals surface area contributed by atoms with E-state index in [0.717, 1.165) is 38.8 Å². The van der Waals surface area contributed by atoms with Crippen LogP contribution in [0.4, 0.5) is 13.2 Å². The van der Waals surface area contributed by atoms with Gasteiger partial charge in [0.1, 0.15) is 11.5 Å². The number of nitrogens with one attached hydrogen (secondary N) is 2. The zero-order valence-corrected chi connectivity index (χ0v) is 27.6. The second-order valence-corrected chi connectivity index (χ2v) is 14.3. The van der Waals surface area contributed by atoms with Gasteiger partial charge in [0.15, 0.2) is 12.4 Å². The normalized spacial score (nSPS) is 30.3. The van der Waals surface area contributed by atoms with E-state index in [-0.39, 0.29) is 35.4 Å². The van der Waals surface area contributed by atoms with Gasteiger partial charge in [-0.1, -0.05) is 27.7 Å². The summed E-state index contributed by atoms with van der Waals surface area (Å²) < 4.78 is 67.6. The van der Waals surface area contributed by atoms with E-state index < -0.39 is 29.6 Å². The van der Waals surface area contributed by atoms with Gasteiger partial charge in [0, 0.05) is 0 Å². The second kappa shape index (κ2) is 15.0. The number of carbonyl (C=O) groups is 1. The van der Waals surface area contributed by atoms with Crippen molar-refractivity contribution < 1.29 is 41.7 Å². The van der Waals surface area contributed by atoms with Crippen molar-refractivity contribution in [3.63, 3.8) is 0 Å². The van der Waals surface area contributed by atoms with Gasteiger partial charge in [-0.2, -0.15) is 0 Å². The molecule has 1 unspecified atom stereocenters. The van der Waals surface area contributed by atoms with Crippen LogP contribution >= 0.6 is 0 Å². The van der Waals surface area contributed by atoms with Crippen molar-refractivity contribution in [3.05, 3.63) is 24.3 Å². The van der Waals surface area contributed by atoms with Crippen molar-refractivity contribution in [2.75, 3.05) is 26.7 Å². The number of hydrogen-bond donors (Lipinski definition) is 2. The van der Waals surface area contributed by atoms with Crippen LogP contribution in [-0.4, -0.2) is 69.7 Å². The number of cyclic esters (lactones) is 1. The van der Waals surface area contributed by atoms with E-state index in [1.165, 1.54) is 24.3 Å². The molecule has 44 heavy (non-hydrogen) atoms. The molecule has 1 aromatic rings. The molecule has 2 aliphatic heterocycles. The smallest absolute Gasteiger partial charge is 0.483 e. The summed E-state index contributed by atoms with van der Waals surface area (Å²) in [4.78, 5) is 13.2. The maximum Gasteiger partial charge on any atom is 0.573 e. The molecule has 0 bridgehead atoms. The highest BCUT2D eigenvalue weighted by molar-refractivity contribution is 5.76. The molecular weight excluding hydrogens is 577 g/mol. The molecule has 0 spiro atoms. The predicted octanol–water partition coefficient (Wildman–Crippen LogP) is 6.62. The number of alkyl halides is 3. The number of likely N-dealkylation sites (N-methyl/N-ethyl adjacent to an activating group) is 1. The number of esters is 1. The van der Waals surface area contributed by atoms with Gasteiger partial charge in [-0.05, 0) is 115 Å². The highest BCUT2D eigenvalue weighted by atomic mass is 19.4. The molecule has 8 nitrogen and oxygen atoms in total. The lowest BCUT2D eigenvalue weighted by atomic mass is 9.64. The van der Waals surface area contributed by atoms with Gasteiger partial charge in [0.25, 0.3) is 0 Å².